The Morgan fingerprint density at radius 2 is 2.18 bits per heavy atom. The average Bonchev–Trinajstić information content (AvgIpc) is 2.79. The number of pyridine rings is 1. The van der Waals surface area contributed by atoms with E-state index in [1.165, 1.54) is 11.3 Å². The van der Waals surface area contributed by atoms with Gasteiger partial charge in [0.2, 0.25) is 0 Å². The zero-order valence-corrected chi connectivity index (χ0v) is 13.4. The second-order valence-electron chi connectivity index (χ2n) is 5.94. The Kier molecular flexibility index (Phi) is 4.13. The van der Waals surface area contributed by atoms with E-state index in [1.807, 2.05) is 37.0 Å². The van der Waals surface area contributed by atoms with Gasteiger partial charge in [-0.25, -0.2) is 0 Å². The van der Waals surface area contributed by atoms with Gasteiger partial charge in [-0.2, -0.15) is 5.10 Å². The van der Waals surface area contributed by atoms with Crippen LogP contribution in [-0.4, -0.2) is 39.4 Å². The van der Waals surface area contributed by atoms with E-state index in [0.29, 0.717) is 6.61 Å². The molecule has 3 heterocycles. The molecule has 1 aliphatic rings. The lowest BCUT2D eigenvalue weighted by molar-refractivity contribution is -0.0350. The maximum atomic E-state index is 5.93. The Labute approximate surface area is 130 Å². The maximum absolute atomic E-state index is 5.93. The summed E-state index contributed by atoms with van der Waals surface area (Å²) in [4.78, 5) is 6.96. The Hall–Kier alpha value is -1.92. The van der Waals surface area contributed by atoms with Crippen molar-refractivity contribution in [2.75, 3.05) is 25.4 Å². The summed E-state index contributed by atoms with van der Waals surface area (Å²) in [5.74, 6) is 0. The summed E-state index contributed by atoms with van der Waals surface area (Å²) < 4.78 is 7.81. The minimum absolute atomic E-state index is 0.0204. The third-order valence-electron chi connectivity index (χ3n) is 4.21. The van der Waals surface area contributed by atoms with Crippen LogP contribution >= 0.6 is 0 Å². The van der Waals surface area contributed by atoms with Gasteiger partial charge in [0.15, 0.2) is 0 Å². The highest BCUT2D eigenvalue weighted by molar-refractivity contribution is 5.40. The van der Waals surface area contributed by atoms with Crippen LogP contribution in [-0.2, 0) is 18.3 Å². The van der Waals surface area contributed by atoms with Gasteiger partial charge in [0.25, 0.3) is 0 Å². The van der Waals surface area contributed by atoms with Crippen LogP contribution in [0.3, 0.4) is 0 Å². The first-order valence-electron chi connectivity index (χ1n) is 7.58. The number of aromatic nitrogens is 3. The molecule has 1 aliphatic heterocycles. The van der Waals surface area contributed by atoms with E-state index in [0.717, 1.165) is 36.7 Å². The highest BCUT2D eigenvalue weighted by atomic mass is 16.5. The molecule has 0 amide bonds. The Morgan fingerprint density at radius 1 is 1.36 bits per heavy atom. The topological polar surface area (TPSA) is 69.2 Å². The van der Waals surface area contributed by atoms with Gasteiger partial charge >= 0.3 is 0 Å². The van der Waals surface area contributed by atoms with Crippen molar-refractivity contribution in [3.05, 3.63) is 41.0 Å². The highest BCUT2D eigenvalue weighted by Gasteiger charge is 2.24. The zero-order chi connectivity index (χ0) is 15.7. The smallest absolute Gasteiger partial charge is 0.112 e. The minimum atomic E-state index is -0.0204. The number of anilines is 1. The molecule has 0 spiro atoms. The molecule has 0 unspecified atom stereocenters. The lowest BCUT2D eigenvalue weighted by Gasteiger charge is -2.32. The standard InChI is InChI=1S/C16H23N5O/c1-11-6-14(17)7-15(19-11)16-10-21(4-5-22-16)9-13-8-18-20(3)12(13)2/h6-8,16H,4-5,9-10H2,1-3H3,(H2,17,19)/t16-/m1/s1. The molecule has 2 aromatic rings. The van der Waals surface area contributed by atoms with Crippen LogP contribution in [0.4, 0.5) is 5.69 Å². The molecule has 2 N–H and O–H groups in total. The number of nitrogens with zero attached hydrogens (tertiary/aromatic N) is 4. The van der Waals surface area contributed by atoms with Gasteiger partial charge in [-0.05, 0) is 26.0 Å². The Balaban J connectivity index is 1.72. The van der Waals surface area contributed by atoms with Gasteiger partial charge in [0, 0.05) is 49.3 Å². The quantitative estimate of drug-likeness (QED) is 0.932. The number of morpholine rings is 1. The highest BCUT2D eigenvalue weighted by Crippen LogP contribution is 2.24. The summed E-state index contributed by atoms with van der Waals surface area (Å²) in [6, 6.07) is 3.79. The second kappa shape index (κ2) is 6.06. The van der Waals surface area contributed by atoms with Crippen molar-refractivity contribution in [2.45, 2.75) is 26.5 Å². The fourth-order valence-electron chi connectivity index (χ4n) is 2.85. The van der Waals surface area contributed by atoms with Gasteiger partial charge in [-0.3, -0.25) is 14.6 Å². The van der Waals surface area contributed by atoms with Crippen LogP contribution in [0.25, 0.3) is 0 Å². The first-order chi connectivity index (χ1) is 10.5. The monoisotopic (exact) mass is 301 g/mol. The lowest BCUT2D eigenvalue weighted by atomic mass is 10.1. The fraction of sp³-hybridized carbons (Fsp3) is 0.500. The Morgan fingerprint density at radius 3 is 2.86 bits per heavy atom. The van der Waals surface area contributed by atoms with Crippen LogP contribution < -0.4 is 5.73 Å². The average molecular weight is 301 g/mol. The predicted octanol–water partition coefficient (Wildman–Crippen LogP) is 1.59. The van der Waals surface area contributed by atoms with E-state index in [-0.39, 0.29) is 6.10 Å². The van der Waals surface area contributed by atoms with Crippen LogP contribution in [0.15, 0.2) is 18.3 Å². The van der Waals surface area contributed by atoms with Crippen molar-refractivity contribution < 1.29 is 4.74 Å². The molecule has 118 valence electrons. The molecule has 0 aromatic carbocycles. The third kappa shape index (κ3) is 3.13. The molecular formula is C16H23N5O. The van der Waals surface area contributed by atoms with Gasteiger partial charge in [0.1, 0.15) is 6.10 Å². The van der Waals surface area contributed by atoms with E-state index in [2.05, 4.69) is 21.9 Å². The van der Waals surface area contributed by atoms with Crippen molar-refractivity contribution in [3.63, 3.8) is 0 Å². The van der Waals surface area contributed by atoms with Gasteiger partial charge in [-0.15, -0.1) is 0 Å². The van der Waals surface area contributed by atoms with Gasteiger partial charge in [0.05, 0.1) is 18.5 Å². The summed E-state index contributed by atoms with van der Waals surface area (Å²) in [6.07, 6.45) is 1.93. The molecule has 1 fully saturated rings. The first-order valence-corrected chi connectivity index (χ1v) is 7.58. The number of hydrogen-bond donors (Lipinski definition) is 1. The van der Waals surface area contributed by atoms with Gasteiger partial charge < -0.3 is 10.5 Å². The second-order valence-corrected chi connectivity index (χ2v) is 5.94. The maximum Gasteiger partial charge on any atom is 0.112 e. The molecule has 0 aliphatic carbocycles. The van der Waals surface area contributed by atoms with Crippen molar-refractivity contribution >= 4 is 5.69 Å². The van der Waals surface area contributed by atoms with E-state index in [4.69, 9.17) is 10.5 Å². The largest absolute Gasteiger partial charge is 0.399 e. The summed E-state index contributed by atoms with van der Waals surface area (Å²) in [5.41, 5.74) is 11.0. The molecule has 1 atom stereocenters. The summed E-state index contributed by atoms with van der Waals surface area (Å²) >= 11 is 0. The van der Waals surface area contributed by atoms with E-state index in [1.54, 1.807) is 0 Å². The molecule has 6 heteroatoms. The van der Waals surface area contributed by atoms with E-state index in [9.17, 15) is 0 Å². The number of aryl methyl sites for hydroxylation is 2. The SMILES string of the molecule is Cc1cc(N)cc([C@H]2CN(Cc3cnn(C)c3C)CCO2)n1. The first kappa shape index (κ1) is 15.0. The molecule has 2 aromatic heterocycles. The van der Waals surface area contributed by atoms with E-state index < -0.39 is 0 Å². The van der Waals surface area contributed by atoms with Crippen LogP contribution in [0.2, 0.25) is 0 Å². The summed E-state index contributed by atoms with van der Waals surface area (Å²) in [6.45, 7) is 7.40. The minimum Gasteiger partial charge on any atom is -0.399 e. The zero-order valence-electron chi connectivity index (χ0n) is 13.4. The molecular weight excluding hydrogens is 278 g/mol. The number of ether oxygens (including phenoxy) is 1. The van der Waals surface area contributed by atoms with Crippen molar-refractivity contribution in [2.24, 2.45) is 7.05 Å². The molecule has 0 saturated carbocycles. The number of nitrogens with two attached hydrogens (primary N) is 1. The molecule has 6 nitrogen and oxygen atoms in total. The lowest BCUT2D eigenvalue weighted by Crippen LogP contribution is -2.38. The Bertz CT molecular complexity index is 646. The molecule has 22 heavy (non-hydrogen) atoms. The number of rotatable bonds is 3. The summed E-state index contributed by atoms with van der Waals surface area (Å²) in [7, 11) is 1.97. The number of hydrogen-bond acceptors (Lipinski definition) is 5. The van der Waals surface area contributed by atoms with Crippen molar-refractivity contribution in [3.8, 4) is 0 Å². The molecule has 3 rings (SSSR count). The molecule has 1 saturated heterocycles. The van der Waals surface area contributed by atoms with Gasteiger partial charge in [-0.1, -0.05) is 0 Å². The third-order valence-corrected chi connectivity index (χ3v) is 4.21. The van der Waals surface area contributed by atoms with Crippen molar-refractivity contribution in [1.29, 1.82) is 0 Å². The van der Waals surface area contributed by atoms with Crippen LogP contribution in [0.1, 0.15) is 28.7 Å². The van der Waals surface area contributed by atoms with Crippen LogP contribution in [0, 0.1) is 13.8 Å². The van der Waals surface area contributed by atoms with E-state index >= 15 is 0 Å². The predicted molar refractivity (Wildman–Crippen MR) is 85.3 cm³/mol. The van der Waals surface area contributed by atoms with Crippen LogP contribution in [0.5, 0.6) is 0 Å². The summed E-state index contributed by atoms with van der Waals surface area (Å²) in [5, 5.41) is 4.31. The number of nitrogen functional groups attached to an aromatic ring is 1. The molecule has 0 bridgehead atoms. The fourth-order valence-corrected chi connectivity index (χ4v) is 2.85. The molecule has 0 radical (unpaired) electrons. The normalized spacial score (nSPS) is 19.5. The van der Waals surface area contributed by atoms with Crippen molar-refractivity contribution in [1.82, 2.24) is 19.7 Å².